The number of rotatable bonds is 5. The Labute approximate surface area is 131 Å². The fourth-order valence-electron chi connectivity index (χ4n) is 3.18. The summed E-state index contributed by atoms with van der Waals surface area (Å²) in [5.74, 6) is 2.11. The van der Waals surface area contributed by atoms with Gasteiger partial charge in [0.1, 0.15) is 6.10 Å². The maximum atomic E-state index is 6.22. The van der Waals surface area contributed by atoms with Gasteiger partial charge in [-0.3, -0.25) is 0 Å². The predicted octanol–water partition coefficient (Wildman–Crippen LogP) is 4.30. The highest BCUT2D eigenvalue weighted by Gasteiger charge is 2.43. The van der Waals surface area contributed by atoms with Gasteiger partial charge in [-0.15, -0.1) is 11.6 Å². The summed E-state index contributed by atoms with van der Waals surface area (Å²) in [6.45, 7) is 3.41. The summed E-state index contributed by atoms with van der Waals surface area (Å²) in [5.41, 5.74) is 1.15. The van der Waals surface area contributed by atoms with E-state index in [9.17, 15) is 0 Å². The molecule has 1 aromatic carbocycles. The zero-order valence-electron chi connectivity index (χ0n) is 12.6. The molecule has 116 valence electrons. The van der Waals surface area contributed by atoms with Crippen molar-refractivity contribution in [3.63, 3.8) is 0 Å². The van der Waals surface area contributed by atoms with E-state index in [2.05, 4.69) is 0 Å². The summed E-state index contributed by atoms with van der Waals surface area (Å²) in [6.07, 6.45) is 5.80. The fourth-order valence-corrected chi connectivity index (χ4v) is 3.35. The van der Waals surface area contributed by atoms with E-state index >= 15 is 0 Å². The Morgan fingerprint density at radius 3 is 2.86 bits per heavy atom. The minimum atomic E-state index is 0.102. The summed E-state index contributed by atoms with van der Waals surface area (Å²) in [7, 11) is 0. The zero-order valence-corrected chi connectivity index (χ0v) is 13.3. The van der Waals surface area contributed by atoms with Crippen LogP contribution in [0, 0.1) is 0 Å². The molecule has 1 aliphatic carbocycles. The molecular weight excluding hydrogens is 288 g/mol. The van der Waals surface area contributed by atoms with Crippen LogP contribution in [0.1, 0.15) is 44.6 Å². The summed E-state index contributed by atoms with van der Waals surface area (Å²) in [6, 6.07) is 5.96. The van der Waals surface area contributed by atoms with Gasteiger partial charge in [0.15, 0.2) is 11.5 Å². The number of hydrogen-bond donors (Lipinski definition) is 0. The highest BCUT2D eigenvalue weighted by atomic mass is 35.5. The first-order valence-corrected chi connectivity index (χ1v) is 8.40. The Kier molecular flexibility index (Phi) is 4.60. The predicted molar refractivity (Wildman–Crippen MR) is 83.4 cm³/mol. The van der Waals surface area contributed by atoms with Crippen molar-refractivity contribution < 1.29 is 14.2 Å². The number of ether oxygens (including phenoxy) is 3. The third-order valence-corrected chi connectivity index (χ3v) is 4.78. The SMILES string of the molecule is CCOc1cc(CCl)ccc1OC1CCOC2(CCC2)C1. The van der Waals surface area contributed by atoms with Gasteiger partial charge >= 0.3 is 0 Å². The summed E-state index contributed by atoms with van der Waals surface area (Å²) >= 11 is 5.89. The fraction of sp³-hybridized carbons (Fsp3) is 0.647. The first-order chi connectivity index (χ1) is 10.2. The normalized spacial score (nSPS) is 23.6. The molecule has 0 aromatic heterocycles. The molecule has 2 fully saturated rings. The molecule has 4 heteroatoms. The van der Waals surface area contributed by atoms with E-state index in [1.165, 1.54) is 19.3 Å². The van der Waals surface area contributed by atoms with Crippen molar-refractivity contribution >= 4 is 11.6 Å². The molecule has 1 aromatic rings. The molecule has 2 aliphatic rings. The highest BCUT2D eigenvalue weighted by Crippen LogP contribution is 2.43. The molecule has 1 spiro atoms. The molecule has 1 aliphatic heterocycles. The molecule has 1 atom stereocenters. The standard InChI is InChI=1S/C17H23ClO3/c1-2-19-16-10-13(12-18)4-5-15(16)21-14-6-9-20-17(11-14)7-3-8-17/h4-5,10,14H,2-3,6-9,11-12H2,1H3. The molecule has 1 saturated carbocycles. The van der Waals surface area contributed by atoms with Crippen LogP contribution in [0.3, 0.4) is 0 Å². The smallest absolute Gasteiger partial charge is 0.161 e. The average molecular weight is 311 g/mol. The molecule has 1 heterocycles. The maximum Gasteiger partial charge on any atom is 0.161 e. The van der Waals surface area contributed by atoms with E-state index < -0.39 is 0 Å². The largest absolute Gasteiger partial charge is 0.490 e. The molecule has 0 bridgehead atoms. The van der Waals surface area contributed by atoms with Crippen LogP contribution in [0.4, 0.5) is 0 Å². The van der Waals surface area contributed by atoms with Crippen molar-refractivity contribution in [3.8, 4) is 11.5 Å². The van der Waals surface area contributed by atoms with E-state index in [4.69, 9.17) is 25.8 Å². The highest BCUT2D eigenvalue weighted by molar-refractivity contribution is 6.17. The summed E-state index contributed by atoms with van der Waals surface area (Å²) in [5, 5.41) is 0. The number of halogens is 1. The molecule has 3 rings (SSSR count). The Morgan fingerprint density at radius 1 is 1.33 bits per heavy atom. The van der Waals surface area contributed by atoms with Crippen LogP contribution in [0.15, 0.2) is 18.2 Å². The van der Waals surface area contributed by atoms with Gasteiger partial charge < -0.3 is 14.2 Å². The topological polar surface area (TPSA) is 27.7 Å². The molecule has 1 saturated heterocycles. The van der Waals surface area contributed by atoms with Gasteiger partial charge in [0.2, 0.25) is 0 Å². The minimum absolute atomic E-state index is 0.102. The first kappa shape index (κ1) is 15.0. The number of hydrogen-bond acceptors (Lipinski definition) is 3. The Bertz CT molecular complexity index is 485. The van der Waals surface area contributed by atoms with Crippen molar-refractivity contribution in [2.24, 2.45) is 0 Å². The average Bonchev–Trinajstić information content (AvgIpc) is 2.48. The van der Waals surface area contributed by atoms with Gasteiger partial charge in [0, 0.05) is 18.7 Å². The van der Waals surface area contributed by atoms with E-state index in [1.54, 1.807) is 0 Å². The van der Waals surface area contributed by atoms with Gasteiger partial charge in [0.25, 0.3) is 0 Å². The lowest BCUT2D eigenvalue weighted by Crippen LogP contribution is -2.48. The van der Waals surface area contributed by atoms with E-state index in [0.717, 1.165) is 36.5 Å². The van der Waals surface area contributed by atoms with Crippen LogP contribution in [0.2, 0.25) is 0 Å². The molecule has 3 nitrogen and oxygen atoms in total. The van der Waals surface area contributed by atoms with Crippen molar-refractivity contribution in [2.45, 2.75) is 56.6 Å². The van der Waals surface area contributed by atoms with Gasteiger partial charge in [-0.1, -0.05) is 6.07 Å². The monoisotopic (exact) mass is 310 g/mol. The van der Waals surface area contributed by atoms with E-state index in [1.807, 2.05) is 25.1 Å². The number of benzene rings is 1. The summed E-state index contributed by atoms with van der Waals surface area (Å²) in [4.78, 5) is 0. The Morgan fingerprint density at radius 2 is 2.19 bits per heavy atom. The van der Waals surface area contributed by atoms with E-state index in [-0.39, 0.29) is 11.7 Å². The van der Waals surface area contributed by atoms with Crippen molar-refractivity contribution in [2.75, 3.05) is 13.2 Å². The van der Waals surface area contributed by atoms with E-state index in [0.29, 0.717) is 12.5 Å². The third kappa shape index (κ3) is 3.29. The second-order valence-electron chi connectivity index (χ2n) is 5.97. The van der Waals surface area contributed by atoms with Crippen LogP contribution in [0.5, 0.6) is 11.5 Å². The van der Waals surface area contributed by atoms with Gasteiger partial charge in [-0.05, 0) is 43.9 Å². The van der Waals surface area contributed by atoms with Gasteiger partial charge in [-0.25, -0.2) is 0 Å². The van der Waals surface area contributed by atoms with Crippen molar-refractivity contribution in [3.05, 3.63) is 23.8 Å². The minimum Gasteiger partial charge on any atom is -0.490 e. The third-order valence-electron chi connectivity index (χ3n) is 4.47. The van der Waals surface area contributed by atoms with Crippen LogP contribution in [0.25, 0.3) is 0 Å². The van der Waals surface area contributed by atoms with Gasteiger partial charge in [-0.2, -0.15) is 0 Å². The quantitative estimate of drug-likeness (QED) is 0.759. The zero-order chi connectivity index (χ0) is 14.7. The Balaban J connectivity index is 1.71. The molecule has 21 heavy (non-hydrogen) atoms. The van der Waals surface area contributed by atoms with Crippen LogP contribution < -0.4 is 9.47 Å². The second-order valence-corrected chi connectivity index (χ2v) is 6.23. The molecule has 0 radical (unpaired) electrons. The molecule has 0 amide bonds. The molecule has 1 unspecified atom stereocenters. The van der Waals surface area contributed by atoms with Gasteiger partial charge in [0.05, 0.1) is 18.8 Å². The van der Waals surface area contributed by atoms with Crippen molar-refractivity contribution in [1.82, 2.24) is 0 Å². The lowest BCUT2D eigenvalue weighted by molar-refractivity contribution is -0.153. The lowest BCUT2D eigenvalue weighted by atomic mass is 9.74. The number of alkyl halides is 1. The first-order valence-electron chi connectivity index (χ1n) is 7.87. The second kappa shape index (κ2) is 6.45. The van der Waals surface area contributed by atoms with Crippen LogP contribution in [-0.4, -0.2) is 24.9 Å². The lowest BCUT2D eigenvalue weighted by Gasteiger charge is -2.46. The summed E-state index contributed by atoms with van der Waals surface area (Å²) < 4.78 is 17.9. The molecular formula is C17H23ClO3. The van der Waals surface area contributed by atoms with Crippen molar-refractivity contribution in [1.29, 1.82) is 0 Å². The Hall–Kier alpha value is -0.930. The molecule has 0 N–H and O–H groups in total. The van der Waals surface area contributed by atoms with Crippen LogP contribution >= 0.6 is 11.6 Å². The maximum absolute atomic E-state index is 6.22. The van der Waals surface area contributed by atoms with Crippen LogP contribution in [-0.2, 0) is 10.6 Å².